The summed E-state index contributed by atoms with van der Waals surface area (Å²) in [6.07, 6.45) is 2.42. The van der Waals surface area contributed by atoms with Crippen LogP contribution in [0.2, 0.25) is 0 Å². The van der Waals surface area contributed by atoms with Crippen molar-refractivity contribution in [2.75, 3.05) is 0 Å². The van der Waals surface area contributed by atoms with E-state index < -0.39 is 0 Å². The Labute approximate surface area is 131 Å². The number of rotatable bonds is 2. The standard InChI is InChI=1S/C19H22O3/c1-4-12-5-7-13(8-6-12)14-9-17(21)22-16-11-19(2,3)10-15(20)18(14)16/h5-8,14H,4,9-11H2,1-3H3/t14-/m1/s1. The Hall–Kier alpha value is -1.90. The topological polar surface area (TPSA) is 43.4 Å². The van der Waals surface area contributed by atoms with Crippen molar-refractivity contribution in [2.24, 2.45) is 5.41 Å². The van der Waals surface area contributed by atoms with Crippen LogP contribution in [0.5, 0.6) is 0 Å². The van der Waals surface area contributed by atoms with Crippen molar-refractivity contribution in [1.29, 1.82) is 0 Å². The van der Waals surface area contributed by atoms with Gasteiger partial charge in [0, 0.05) is 24.3 Å². The van der Waals surface area contributed by atoms with Crippen molar-refractivity contribution in [3.8, 4) is 0 Å². The monoisotopic (exact) mass is 298 g/mol. The quantitative estimate of drug-likeness (QED) is 0.777. The van der Waals surface area contributed by atoms with Crippen molar-refractivity contribution in [3.63, 3.8) is 0 Å². The molecule has 1 atom stereocenters. The summed E-state index contributed by atoms with van der Waals surface area (Å²) in [6.45, 7) is 6.20. The zero-order valence-corrected chi connectivity index (χ0v) is 13.4. The zero-order chi connectivity index (χ0) is 15.9. The van der Waals surface area contributed by atoms with Crippen molar-refractivity contribution < 1.29 is 14.3 Å². The van der Waals surface area contributed by atoms with Gasteiger partial charge in [-0.2, -0.15) is 0 Å². The molecule has 116 valence electrons. The molecule has 0 unspecified atom stereocenters. The number of esters is 1. The molecule has 0 saturated carbocycles. The zero-order valence-electron chi connectivity index (χ0n) is 13.4. The van der Waals surface area contributed by atoms with E-state index >= 15 is 0 Å². The second-order valence-electron chi connectivity index (χ2n) is 7.10. The third-order valence-electron chi connectivity index (χ3n) is 4.63. The predicted molar refractivity (Wildman–Crippen MR) is 84.3 cm³/mol. The number of carbonyl (C=O) groups is 2. The van der Waals surface area contributed by atoms with Crippen LogP contribution >= 0.6 is 0 Å². The highest BCUT2D eigenvalue weighted by atomic mass is 16.5. The number of carbonyl (C=O) groups excluding carboxylic acids is 2. The van der Waals surface area contributed by atoms with Crippen LogP contribution in [0.4, 0.5) is 0 Å². The lowest BCUT2D eigenvalue weighted by atomic mass is 9.71. The Morgan fingerprint density at radius 1 is 1.14 bits per heavy atom. The Balaban J connectivity index is 2.02. The molecular formula is C19H22O3. The molecule has 3 heteroatoms. The maximum atomic E-state index is 12.6. The van der Waals surface area contributed by atoms with E-state index in [2.05, 4.69) is 19.1 Å². The first-order valence-electron chi connectivity index (χ1n) is 7.95. The van der Waals surface area contributed by atoms with E-state index in [4.69, 9.17) is 4.74 Å². The van der Waals surface area contributed by atoms with Crippen LogP contribution in [-0.4, -0.2) is 11.8 Å². The van der Waals surface area contributed by atoms with E-state index in [1.54, 1.807) is 0 Å². The highest BCUT2D eigenvalue weighted by Gasteiger charge is 2.41. The van der Waals surface area contributed by atoms with Crippen molar-refractivity contribution in [3.05, 3.63) is 46.7 Å². The number of allylic oxidation sites excluding steroid dienone is 2. The molecule has 0 bridgehead atoms. The first kappa shape index (κ1) is 15.0. The van der Waals surface area contributed by atoms with Crippen LogP contribution in [0.1, 0.15) is 57.1 Å². The minimum Gasteiger partial charge on any atom is -0.431 e. The summed E-state index contributed by atoms with van der Waals surface area (Å²) in [4.78, 5) is 24.6. The first-order chi connectivity index (χ1) is 10.4. The molecule has 0 aromatic heterocycles. The summed E-state index contributed by atoms with van der Waals surface area (Å²) in [5.41, 5.74) is 2.88. The normalized spacial score (nSPS) is 24.0. The summed E-state index contributed by atoms with van der Waals surface area (Å²) >= 11 is 0. The summed E-state index contributed by atoms with van der Waals surface area (Å²) < 4.78 is 5.41. The third-order valence-corrected chi connectivity index (χ3v) is 4.63. The van der Waals surface area contributed by atoms with Gasteiger partial charge in [-0.05, 0) is 23.0 Å². The second kappa shape index (κ2) is 5.38. The van der Waals surface area contributed by atoms with Gasteiger partial charge in [0.2, 0.25) is 0 Å². The van der Waals surface area contributed by atoms with Crippen molar-refractivity contribution >= 4 is 11.8 Å². The van der Waals surface area contributed by atoms with Gasteiger partial charge in [0.05, 0.1) is 6.42 Å². The third kappa shape index (κ3) is 2.72. The molecule has 1 aliphatic heterocycles. The largest absolute Gasteiger partial charge is 0.431 e. The molecular weight excluding hydrogens is 276 g/mol. The number of hydrogen-bond acceptors (Lipinski definition) is 3. The number of ketones is 1. The maximum Gasteiger partial charge on any atom is 0.311 e. The predicted octanol–water partition coefficient (Wildman–Crippen LogP) is 3.92. The Kier molecular flexibility index (Phi) is 3.67. The van der Waals surface area contributed by atoms with Gasteiger partial charge in [0.1, 0.15) is 5.76 Å². The summed E-state index contributed by atoms with van der Waals surface area (Å²) in [5, 5.41) is 0. The fourth-order valence-corrected chi connectivity index (χ4v) is 3.48. The van der Waals surface area contributed by atoms with Crippen LogP contribution in [0, 0.1) is 5.41 Å². The molecule has 1 aromatic carbocycles. The van der Waals surface area contributed by atoms with Crippen LogP contribution in [0.25, 0.3) is 0 Å². The van der Waals surface area contributed by atoms with Gasteiger partial charge in [-0.25, -0.2) is 0 Å². The maximum absolute atomic E-state index is 12.6. The van der Waals surface area contributed by atoms with Gasteiger partial charge in [0.25, 0.3) is 0 Å². The molecule has 2 aliphatic rings. The second-order valence-corrected chi connectivity index (χ2v) is 7.10. The Morgan fingerprint density at radius 2 is 1.82 bits per heavy atom. The molecule has 1 aromatic rings. The van der Waals surface area contributed by atoms with E-state index in [9.17, 15) is 9.59 Å². The molecule has 0 saturated heterocycles. The smallest absolute Gasteiger partial charge is 0.311 e. The van der Waals surface area contributed by atoms with E-state index in [1.165, 1.54) is 5.56 Å². The highest BCUT2D eigenvalue weighted by Crippen LogP contribution is 2.45. The van der Waals surface area contributed by atoms with Gasteiger partial charge in [0.15, 0.2) is 5.78 Å². The van der Waals surface area contributed by atoms with Crippen LogP contribution in [0.15, 0.2) is 35.6 Å². The summed E-state index contributed by atoms with van der Waals surface area (Å²) in [5.74, 6) is 0.352. The van der Waals surface area contributed by atoms with E-state index in [1.807, 2.05) is 26.0 Å². The number of aryl methyl sites for hydroxylation is 1. The van der Waals surface area contributed by atoms with E-state index in [-0.39, 0.29) is 29.5 Å². The molecule has 1 heterocycles. The fourth-order valence-electron chi connectivity index (χ4n) is 3.48. The molecule has 1 aliphatic carbocycles. The minimum absolute atomic E-state index is 0.128. The Morgan fingerprint density at radius 3 is 2.45 bits per heavy atom. The fraction of sp³-hybridized carbons (Fsp3) is 0.474. The van der Waals surface area contributed by atoms with Gasteiger partial charge in [-0.1, -0.05) is 45.0 Å². The summed E-state index contributed by atoms with van der Waals surface area (Å²) in [7, 11) is 0. The number of Topliss-reactive ketones (excluding diaryl/α,β-unsaturated/α-hetero) is 1. The van der Waals surface area contributed by atoms with Crippen LogP contribution in [-0.2, 0) is 20.7 Å². The molecule has 3 nitrogen and oxygen atoms in total. The average molecular weight is 298 g/mol. The minimum atomic E-state index is -0.228. The number of benzene rings is 1. The van der Waals surface area contributed by atoms with E-state index in [0.29, 0.717) is 18.6 Å². The van der Waals surface area contributed by atoms with Crippen molar-refractivity contribution in [2.45, 2.75) is 52.4 Å². The van der Waals surface area contributed by atoms with Gasteiger partial charge in [-0.15, -0.1) is 0 Å². The molecule has 0 amide bonds. The number of hydrogen-bond donors (Lipinski definition) is 0. The van der Waals surface area contributed by atoms with Crippen molar-refractivity contribution in [1.82, 2.24) is 0 Å². The molecule has 0 radical (unpaired) electrons. The first-order valence-corrected chi connectivity index (χ1v) is 7.95. The Bertz CT molecular complexity index is 650. The van der Waals surface area contributed by atoms with E-state index in [0.717, 1.165) is 17.6 Å². The lowest BCUT2D eigenvalue weighted by molar-refractivity contribution is -0.142. The number of ether oxygens (including phenoxy) is 1. The van der Waals surface area contributed by atoms with Gasteiger partial charge < -0.3 is 4.74 Å². The van der Waals surface area contributed by atoms with Crippen LogP contribution < -0.4 is 0 Å². The SMILES string of the molecule is CCc1ccc([C@H]2CC(=O)OC3=C2C(=O)CC(C)(C)C3)cc1. The molecule has 0 spiro atoms. The summed E-state index contributed by atoms with van der Waals surface area (Å²) in [6, 6.07) is 8.24. The average Bonchev–Trinajstić information content (AvgIpc) is 2.44. The molecule has 0 N–H and O–H groups in total. The highest BCUT2D eigenvalue weighted by molar-refractivity contribution is 6.00. The lowest BCUT2D eigenvalue weighted by Crippen LogP contribution is -2.33. The van der Waals surface area contributed by atoms with Gasteiger partial charge >= 0.3 is 5.97 Å². The lowest BCUT2D eigenvalue weighted by Gasteiger charge is -2.36. The molecule has 22 heavy (non-hydrogen) atoms. The molecule has 0 fully saturated rings. The molecule has 3 rings (SSSR count). The van der Waals surface area contributed by atoms with Crippen LogP contribution in [0.3, 0.4) is 0 Å². The van der Waals surface area contributed by atoms with Gasteiger partial charge in [-0.3, -0.25) is 9.59 Å².